The Balaban J connectivity index is 1.53. The van der Waals surface area contributed by atoms with E-state index in [4.69, 9.17) is 0 Å². The quantitative estimate of drug-likeness (QED) is 0.647. The van der Waals surface area contributed by atoms with Gasteiger partial charge in [0, 0.05) is 36.5 Å². The van der Waals surface area contributed by atoms with Gasteiger partial charge in [-0.1, -0.05) is 24.3 Å². The third-order valence-corrected chi connectivity index (χ3v) is 5.78. The fraction of sp³-hybridized carbons (Fsp3) is 0.474. The van der Waals surface area contributed by atoms with E-state index in [0.29, 0.717) is 6.04 Å². The number of hydrogen-bond acceptors (Lipinski definition) is 3. The molecule has 0 saturated heterocycles. The number of fused-ring (bicyclic) bond motifs is 1. The Morgan fingerprint density at radius 3 is 2.96 bits per heavy atom. The maximum absolute atomic E-state index is 4.52. The predicted molar refractivity (Wildman–Crippen MR) is 105 cm³/mol. The Labute approximate surface area is 148 Å². The summed E-state index contributed by atoms with van der Waals surface area (Å²) in [6, 6.07) is 11.0. The molecule has 1 heterocycles. The second kappa shape index (κ2) is 8.38. The zero-order chi connectivity index (χ0) is 16.8. The summed E-state index contributed by atoms with van der Waals surface area (Å²) in [5.41, 5.74) is 2.38. The first-order valence-corrected chi connectivity index (χ1v) is 9.91. The summed E-state index contributed by atoms with van der Waals surface area (Å²) in [5.74, 6) is 0.912. The monoisotopic (exact) mass is 342 g/mol. The van der Waals surface area contributed by atoms with E-state index in [0.717, 1.165) is 29.7 Å². The second-order valence-corrected chi connectivity index (χ2v) is 7.39. The molecule has 2 aromatic rings. The highest BCUT2D eigenvalue weighted by molar-refractivity contribution is 7.99. The van der Waals surface area contributed by atoms with Crippen LogP contribution >= 0.6 is 11.8 Å². The third kappa shape index (κ3) is 4.20. The van der Waals surface area contributed by atoms with Gasteiger partial charge < -0.3 is 10.6 Å². The molecule has 3 rings (SSSR count). The van der Waals surface area contributed by atoms with Gasteiger partial charge in [-0.05, 0) is 43.6 Å². The van der Waals surface area contributed by atoms with Crippen LogP contribution in [0.4, 0.5) is 0 Å². The molecule has 0 amide bonds. The molecule has 1 aliphatic rings. The summed E-state index contributed by atoms with van der Waals surface area (Å²) < 4.78 is 0. The van der Waals surface area contributed by atoms with Crippen LogP contribution in [0.2, 0.25) is 0 Å². The lowest BCUT2D eigenvalue weighted by Crippen LogP contribution is -2.43. The molecule has 0 bridgehead atoms. The number of pyridine rings is 1. The van der Waals surface area contributed by atoms with Gasteiger partial charge in [-0.25, -0.2) is 0 Å². The summed E-state index contributed by atoms with van der Waals surface area (Å²) in [5, 5.41) is 9.00. The fourth-order valence-electron chi connectivity index (χ4n) is 3.36. The van der Waals surface area contributed by atoms with Crippen molar-refractivity contribution in [3.63, 3.8) is 0 Å². The van der Waals surface area contributed by atoms with Crippen molar-refractivity contribution in [2.24, 2.45) is 4.99 Å². The minimum atomic E-state index is 0.549. The van der Waals surface area contributed by atoms with Crippen LogP contribution in [-0.2, 0) is 6.42 Å². The average molecular weight is 343 g/mol. The van der Waals surface area contributed by atoms with E-state index in [9.17, 15) is 0 Å². The standard InChI is InChI=1S/C19H26N4S/c1-20-19(23-16-8-9-17(13-16)24-2)22-12-10-15-6-3-5-14-7-4-11-21-18(14)15/h3-7,11,16-17H,8-10,12-13H2,1-2H3,(H2,20,22,23). The van der Waals surface area contributed by atoms with E-state index in [-0.39, 0.29) is 0 Å². The third-order valence-electron chi connectivity index (χ3n) is 4.69. The van der Waals surface area contributed by atoms with Crippen molar-refractivity contribution in [3.8, 4) is 0 Å². The number of rotatable bonds is 5. The molecule has 1 fully saturated rings. The lowest BCUT2D eigenvalue weighted by Gasteiger charge is -2.17. The van der Waals surface area contributed by atoms with Crippen LogP contribution in [0.1, 0.15) is 24.8 Å². The molecule has 1 saturated carbocycles. The number of para-hydroxylation sites is 1. The van der Waals surface area contributed by atoms with Crippen LogP contribution in [0.25, 0.3) is 10.9 Å². The first-order valence-electron chi connectivity index (χ1n) is 8.62. The number of hydrogen-bond donors (Lipinski definition) is 2. The fourth-order valence-corrected chi connectivity index (χ4v) is 4.15. The number of aliphatic imine (C=N–C) groups is 1. The molecule has 0 radical (unpaired) electrons. The van der Waals surface area contributed by atoms with Crippen molar-refractivity contribution in [1.29, 1.82) is 0 Å². The van der Waals surface area contributed by atoms with Crippen molar-refractivity contribution >= 4 is 28.6 Å². The Kier molecular flexibility index (Phi) is 5.96. The summed E-state index contributed by atoms with van der Waals surface area (Å²) >= 11 is 1.98. The highest BCUT2D eigenvalue weighted by Gasteiger charge is 2.24. The molecule has 2 atom stereocenters. The lowest BCUT2D eigenvalue weighted by molar-refractivity contribution is 0.615. The predicted octanol–water partition coefficient (Wildman–Crippen LogP) is 3.23. The first-order chi connectivity index (χ1) is 11.8. The van der Waals surface area contributed by atoms with E-state index in [2.05, 4.69) is 51.1 Å². The number of aromatic nitrogens is 1. The minimum Gasteiger partial charge on any atom is -0.356 e. The molecular weight excluding hydrogens is 316 g/mol. The molecular formula is C19H26N4S. The van der Waals surface area contributed by atoms with Crippen molar-refractivity contribution in [2.75, 3.05) is 19.8 Å². The van der Waals surface area contributed by atoms with E-state index < -0.39 is 0 Å². The second-order valence-electron chi connectivity index (χ2n) is 6.25. The van der Waals surface area contributed by atoms with Crippen LogP contribution in [0.15, 0.2) is 41.5 Å². The van der Waals surface area contributed by atoms with Gasteiger partial charge in [0.05, 0.1) is 5.52 Å². The van der Waals surface area contributed by atoms with E-state index in [1.807, 2.05) is 31.1 Å². The summed E-state index contributed by atoms with van der Waals surface area (Å²) in [6.45, 7) is 0.855. The maximum Gasteiger partial charge on any atom is 0.191 e. The summed E-state index contributed by atoms with van der Waals surface area (Å²) in [6.07, 6.45) is 8.78. The molecule has 5 heteroatoms. The molecule has 1 aromatic heterocycles. The molecule has 0 spiro atoms. The molecule has 24 heavy (non-hydrogen) atoms. The lowest BCUT2D eigenvalue weighted by atomic mass is 10.1. The van der Waals surface area contributed by atoms with E-state index in [1.165, 1.54) is 30.2 Å². The van der Waals surface area contributed by atoms with Gasteiger partial charge in [-0.15, -0.1) is 0 Å². The van der Waals surface area contributed by atoms with Crippen LogP contribution in [0, 0.1) is 0 Å². The van der Waals surface area contributed by atoms with Crippen molar-refractivity contribution < 1.29 is 0 Å². The molecule has 0 aliphatic heterocycles. The number of thioether (sulfide) groups is 1. The van der Waals surface area contributed by atoms with Crippen molar-refractivity contribution in [1.82, 2.24) is 15.6 Å². The molecule has 4 nitrogen and oxygen atoms in total. The zero-order valence-corrected chi connectivity index (χ0v) is 15.3. The topological polar surface area (TPSA) is 49.3 Å². The van der Waals surface area contributed by atoms with E-state index in [1.54, 1.807) is 0 Å². The van der Waals surface area contributed by atoms with Gasteiger partial charge >= 0.3 is 0 Å². The molecule has 1 aliphatic carbocycles. The highest BCUT2D eigenvalue weighted by Crippen LogP contribution is 2.28. The molecule has 1 aromatic carbocycles. The SMILES string of the molecule is CN=C(NCCc1cccc2cccnc12)NC1CCC(SC)C1. The molecule has 128 valence electrons. The van der Waals surface area contributed by atoms with Crippen molar-refractivity contribution in [2.45, 2.75) is 37.0 Å². The van der Waals surface area contributed by atoms with Crippen LogP contribution < -0.4 is 10.6 Å². The first kappa shape index (κ1) is 17.1. The normalized spacial score (nSPS) is 21.2. The van der Waals surface area contributed by atoms with Crippen LogP contribution in [0.3, 0.4) is 0 Å². The van der Waals surface area contributed by atoms with Crippen LogP contribution in [-0.4, -0.2) is 42.1 Å². The van der Waals surface area contributed by atoms with Gasteiger partial charge in [0.25, 0.3) is 0 Å². The smallest absolute Gasteiger partial charge is 0.191 e. The van der Waals surface area contributed by atoms with Gasteiger partial charge in [0.1, 0.15) is 0 Å². The van der Waals surface area contributed by atoms with Gasteiger partial charge in [0.15, 0.2) is 5.96 Å². The Bertz CT molecular complexity index is 695. The number of nitrogens with one attached hydrogen (secondary N) is 2. The Hall–Kier alpha value is -1.75. The number of nitrogens with zero attached hydrogens (tertiary/aromatic N) is 2. The van der Waals surface area contributed by atoms with Gasteiger partial charge in [0.2, 0.25) is 0 Å². The van der Waals surface area contributed by atoms with Gasteiger partial charge in [-0.2, -0.15) is 11.8 Å². The summed E-state index contributed by atoms with van der Waals surface area (Å²) in [7, 11) is 1.84. The molecule has 2 unspecified atom stereocenters. The average Bonchev–Trinajstić information content (AvgIpc) is 3.08. The van der Waals surface area contributed by atoms with Crippen molar-refractivity contribution in [3.05, 3.63) is 42.1 Å². The zero-order valence-electron chi connectivity index (χ0n) is 14.5. The number of guanidine groups is 1. The minimum absolute atomic E-state index is 0.549. The highest BCUT2D eigenvalue weighted by atomic mass is 32.2. The largest absolute Gasteiger partial charge is 0.356 e. The van der Waals surface area contributed by atoms with Crippen LogP contribution in [0.5, 0.6) is 0 Å². The number of benzene rings is 1. The summed E-state index contributed by atoms with van der Waals surface area (Å²) in [4.78, 5) is 8.89. The Morgan fingerprint density at radius 1 is 1.29 bits per heavy atom. The maximum atomic E-state index is 4.52. The Morgan fingerprint density at radius 2 is 2.17 bits per heavy atom. The van der Waals surface area contributed by atoms with E-state index >= 15 is 0 Å². The van der Waals surface area contributed by atoms with Gasteiger partial charge in [-0.3, -0.25) is 9.98 Å². The molecule has 2 N–H and O–H groups in total.